The van der Waals surface area contributed by atoms with Gasteiger partial charge in [0, 0.05) is 12.6 Å². The van der Waals surface area contributed by atoms with Crippen LogP contribution in [0, 0.1) is 0 Å². The summed E-state index contributed by atoms with van der Waals surface area (Å²) in [6.45, 7) is 1.85. The van der Waals surface area contributed by atoms with Gasteiger partial charge in [0.05, 0.1) is 0 Å². The van der Waals surface area contributed by atoms with Crippen molar-refractivity contribution in [1.29, 1.82) is 0 Å². The molecule has 16 heavy (non-hydrogen) atoms. The molecule has 1 aliphatic heterocycles. The van der Waals surface area contributed by atoms with Crippen LogP contribution in [0.5, 0.6) is 0 Å². The van der Waals surface area contributed by atoms with Crippen molar-refractivity contribution in [2.45, 2.75) is 25.3 Å². The van der Waals surface area contributed by atoms with Gasteiger partial charge in [0.2, 0.25) is 0 Å². The standard InChI is InChI=1S/C11H15ClN2O2/c12-10-5-4-9(16-10)11(15)14-8-3-1-2-6-13-7-8/h4-5,8,13H,1-3,6-7H2,(H,14,15). The zero-order valence-electron chi connectivity index (χ0n) is 8.96. The number of nitrogens with one attached hydrogen (secondary N) is 2. The van der Waals surface area contributed by atoms with E-state index in [1.807, 2.05) is 0 Å². The topological polar surface area (TPSA) is 54.3 Å². The fourth-order valence-electron chi connectivity index (χ4n) is 1.84. The SMILES string of the molecule is O=C(NC1CCCCNC1)c1ccc(Cl)o1. The Bertz CT molecular complexity index is 357. The first-order chi connectivity index (χ1) is 7.75. The average molecular weight is 243 g/mol. The molecule has 1 amide bonds. The van der Waals surface area contributed by atoms with Crippen molar-refractivity contribution in [3.05, 3.63) is 23.1 Å². The van der Waals surface area contributed by atoms with Gasteiger partial charge in [-0.05, 0) is 43.1 Å². The van der Waals surface area contributed by atoms with E-state index in [1.54, 1.807) is 12.1 Å². The van der Waals surface area contributed by atoms with Crippen molar-refractivity contribution in [2.24, 2.45) is 0 Å². The molecule has 1 aromatic heterocycles. The number of hydrogen-bond donors (Lipinski definition) is 2. The van der Waals surface area contributed by atoms with E-state index in [-0.39, 0.29) is 22.9 Å². The van der Waals surface area contributed by atoms with Gasteiger partial charge in [0.25, 0.3) is 5.91 Å². The van der Waals surface area contributed by atoms with E-state index in [0.717, 1.165) is 25.9 Å². The minimum atomic E-state index is -0.194. The summed E-state index contributed by atoms with van der Waals surface area (Å²) in [5.74, 6) is 0.0786. The average Bonchev–Trinajstić information content (AvgIpc) is 2.54. The van der Waals surface area contributed by atoms with Crippen LogP contribution in [-0.4, -0.2) is 25.0 Å². The van der Waals surface area contributed by atoms with E-state index in [0.29, 0.717) is 0 Å². The highest BCUT2D eigenvalue weighted by molar-refractivity contribution is 6.29. The van der Waals surface area contributed by atoms with Crippen LogP contribution in [0.25, 0.3) is 0 Å². The van der Waals surface area contributed by atoms with Gasteiger partial charge in [-0.2, -0.15) is 0 Å². The molecule has 1 fully saturated rings. The van der Waals surface area contributed by atoms with Crippen molar-refractivity contribution in [3.8, 4) is 0 Å². The molecule has 0 bridgehead atoms. The van der Waals surface area contributed by atoms with E-state index < -0.39 is 0 Å². The molecule has 0 saturated carbocycles. The Morgan fingerprint density at radius 2 is 2.38 bits per heavy atom. The van der Waals surface area contributed by atoms with Gasteiger partial charge < -0.3 is 15.1 Å². The summed E-state index contributed by atoms with van der Waals surface area (Å²) in [6.07, 6.45) is 3.31. The minimum absolute atomic E-state index is 0.180. The molecule has 1 aromatic rings. The zero-order chi connectivity index (χ0) is 11.4. The van der Waals surface area contributed by atoms with Gasteiger partial charge in [0.1, 0.15) is 0 Å². The van der Waals surface area contributed by atoms with Gasteiger partial charge in [-0.1, -0.05) is 6.42 Å². The van der Waals surface area contributed by atoms with E-state index >= 15 is 0 Å². The van der Waals surface area contributed by atoms with Crippen LogP contribution in [0.1, 0.15) is 29.8 Å². The predicted octanol–water partition coefficient (Wildman–Crippen LogP) is 1.80. The Morgan fingerprint density at radius 1 is 1.50 bits per heavy atom. The molecular weight excluding hydrogens is 228 g/mol. The Balaban J connectivity index is 1.90. The lowest BCUT2D eigenvalue weighted by Crippen LogP contribution is -2.40. The number of amides is 1. The molecule has 5 heteroatoms. The number of carbonyl (C=O) groups excluding carboxylic acids is 1. The molecule has 2 rings (SSSR count). The smallest absolute Gasteiger partial charge is 0.287 e. The first kappa shape index (κ1) is 11.5. The van der Waals surface area contributed by atoms with Gasteiger partial charge >= 0.3 is 0 Å². The quantitative estimate of drug-likeness (QED) is 0.832. The Kier molecular flexibility index (Phi) is 3.85. The Morgan fingerprint density at radius 3 is 3.12 bits per heavy atom. The fraction of sp³-hybridized carbons (Fsp3) is 0.545. The van der Waals surface area contributed by atoms with E-state index in [1.165, 1.54) is 6.42 Å². The lowest BCUT2D eigenvalue weighted by atomic mass is 10.1. The lowest BCUT2D eigenvalue weighted by Gasteiger charge is -2.15. The van der Waals surface area contributed by atoms with Crippen molar-refractivity contribution < 1.29 is 9.21 Å². The molecule has 4 nitrogen and oxygen atoms in total. The van der Waals surface area contributed by atoms with Crippen LogP contribution in [0.3, 0.4) is 0 Å². The maximum absolute atomic E-state index is 11.7. The highest BCUT2D eigenvalue weighted by atomic mass is 35.5. The highest BCUT2D eigenvalue weighted by Crippen LogP contribution is 2.13. The largest absolute Gasteiger partial charge is 0.440 e. The molecule has 2 heterocycles. The molecule has 2 N–H and O–H groups in total. The first-order valence-corrected chi connectivity index (χ1v) is 5.90. The minimum Gasteiger partial charge on any atom is -0.440 e. The lowest BCUT2D eigenvalue weighted by molar-refractivity contribution is 0.0907. The Labute approximate surface area is 99.3 Å². The molecule has 1 saturated heterocycles. The Hall–Kier alpha value is -1.00. The summed E-state index contributed by atoms with van der Waals surface area (Å²) in [4.78, 5) is 11.7. The monoisotopic (exact) mass is 242 g/mol. The highest BCUT2D eigenvalue weighted by Gasteiger charge is 2.17. The molecule has 0 spiro atoms. The fourth-order valence-corrected chi connectivity index (χ4v) is 1.98. The summed E-state index contributed by atoms with van der Waals surface area (Å²) in [5.41, 5.74) is 0. The molecule has 0 radical (unpaired) electrons. The maximum atomic E-state index is 11.7. The predicted molar refractivity (Wildman–Crippen MR) is 61.7 cm³/mol. The van der Waals surface area contributed by atoms with E-state index in [4.69, 9.17) is 16.0 Å². The molecule has 0 aromatic carbocycles. The van der Waals surface area contributed by atoms with Crippen LogP contribution in [0.4, 0.5) is 0 Å². The van der Waals surface area contributed by atoms with Crippen molar-refractivity contribution in [1.82, 2.24) is 10.6 Å². The third kappa shape index (κ3) is 3.00. The zero-order valence-corrected chi connectivity index (χ0v) is 9.72. The summed E-state index contributed by atoms with van der Waals surface area (Å²) >= 11 is 5.61. The number of furan rings is 1. The van der Waals surface area contributed by atoms with Crippen LogP contribution in [0.15, 0.2) is 16.5 Å². The number of rotatable bonds is 2. The summed E-state index contributed by atoms with van der Waals surface area (Å²) in [5, 5.41) is 6.46. The summed E-state index contributed by atoms with van der Waals surface area (Å²) < 4.78 is 5.05. The molecule has 1 aliphatic rings. The normalized spacial score (nSPS) is 21.4. The second kappa shape index (κ2) is 5.37. The molecule has 1 unspecified atom stereocenters. The van der Waals surface area contributed by atoms with Gasteiger partial charge in [-0.3, -0.25) is 4.79 Å². The number of hydrogen-bond acceptors (Lipinski definition) is 3. The maximum Gasteiger partial charge on any atom is 0.287 e. The summed E-state index contributed by atoms with van der Waals surface area (Å²) in [6, 6.07) is 3.34. The molecular formula is C11H15ClN2O2. The number of carbonyl (C=O) groups is 1. The second-order valence-electron chi connectivity index (χ2n) is 3.97. The van der Waals surface area contributed by atoms with E-state index in [9.17, 15) is 4.79 Å². The number of halogens is 1. The van der Waals surface area contributed by atoms with Gasteiger partial charge in [-0.25, -0.2) is 0 Å². The van der Waals surface area contributed by atoms with Crippen molar-refractivity contribution >= 4 is 17.5 Å². The van der Waals surface area contributed by atoms with Crippen molar-refractivity contribution in [3.63, 3.8) is 0 Å². The van der Waals surface area contributed by atoms with Crippen LogP contribution >= 0.6 is 11.6 Å². The van der Waals surface area contributed by atoms with Gasteiger partial charge in [0.15, 0.2) is 11.0 Å². The third-order valence-electron chi connectivity index (χ3n) is 2.68. The van der Waals surface area contributed by atoms with E-state index in [2.05, 4.69) is 10.6 Å². The molecule has 88 valence electrons. The van der Waals surface area contributed by atoms with Crippen molar-refractivity contribution in [2.75, 3.05) is 13.1 Å². The van der Waals surface area contributed by atoms with Crippen LogP contribution < -0.4 is 10.6 Å². The van der Waals surface area contributed by atoms with Gasteiger partial charge in [-0.15, -0.1) is 0 Å². The molecule has 0 aliphatic carbocycles. The summed E-state index contributed by atoms with van der Waals surface area (Å²) in [7, 11) is 0. The molecule has 1 atom stereocenters. The first-order valence-electron chi connectivity index (χ1n) is 5.52. The second-order valence-corrected chi connectivity index (χ2v) is 4.35. The van der Waals surface area contributed by atoms with Crippen LogP contribution in [-0.2, 0) is 0 Å². The third-order valence-corrected chi connectivity index (χ3v) is 2.88. The van der Waals surface area contributed by atoms with Crippen LogP contribution in [0.2, 0.25) is 5.22 Å².